The van der Waals surface area contributed by atoms with Gasteiger partial charge in [0.1, 0.15) is 0 Å². The van der Waals surface area contributed by atoms with Crippen LogP contribution in [0.4, 0.5) is 0 Å². The molecule has 0 bridgehead atoms. The molecule has 0 saturated carbocycles. The van der Waals surface area contributed by atoms with Crippen molar-refractivity contribution in [3.8, 4) is 5.69 Å². The second kappa shape index (κ2) is 9.32. The van der Waals surface area contributed by atoms with Crippen LogP contribution in [0, 0.1) is 13.8 Å². The van der Waals surface area contributed by atoms with Crippen LogP contribution >= 0.6 is 35.0 Å². The predicted molar refractivity (Wildman–Crippen MR) is 118 cm³/mol. The minimum Gasteiger partial charge on any atom is -0.318 e. The second-order valence-corrected chi connectivity index (χ2v) is 8.10. The highest BCUT2D eigenvalue weighted by Crippen LogP contribution is 2.22. The molecule has 4 nitrogen and oxygen atoms in total. The topological polar surface area (TPSA) is 46.4 Å². The number of nitrogens with one attached hydrogen (secondary N) is 1. The zero-order chi connectivity index (χ0) is 20.1. The Hall–Kier alpha value is -2.21. The van der Waals surface area contributed by atoms with Gasteiger partial charge in [-0.15, -0.1) is 11.8 Å². The van der Waals surface area contributed by atoms with E-state index in [9.17, 15) is 4.79 Å². The van der Waals surface area contributed by atoms with E-state index >= 15 is 0 Å². The van der Waals surface area contributed by atoms with Crippen molar-refractivity contribution in [2.24, 2.45) is 5.10 Å². The lowest BCUT2D eigenvalue weighted by Gasteiger charge is -2.09. The van der Waals surface area contributed by atoms with Crippen molar-refractivity contribution in [2.45, 2.75) is 18.7 Å². The minimum atomic E-state index is -0.167. The standard InChI is InChI=1S/C21H19Cl2N3OS/c1-14-10-16(15(2)26(14)19-5-3-4-18(23)11-19)12-24-25-21(27)13-28-20-8-6-17(22)7-9-20/h3-12H,13H2,1-2H3,(H,25,27)/b24-12+. The van der Waals surface area contributed by atoms with Crippen molar-refractivity contribution < 1.29 is 4.79 Å². The van der Waals surface area contributed by atoms with Gasteiger partial charge in [0.25, 0.3) is 0 Å². The van der Waals surface area contributed by atoms with Crippen molar-refractivity contribution in [2.75, 3.05) is 5.75 Å². The Kier molecular flexibility index (Phi) is 6.83. The summed E-state index contributed by atoms with van der Waals surface area (Å²) in [4.78, 5) is 13.0. The predicted octanol–water partition coefficient (Wildman–Crippen LogP) is 5.64. The number of hydrogen-bond acceptors (Lipinski definition) is 3. The first-order valence-corrected chi connectivity index (χ1v) is 10.3. The molecule has 144 valence electrons. The zero-order valence-electron chi connectivity index (χ0n) is 15.4. The Morgan fingerprint density at radius 3 is 2.57 bits per heavy atom. The highest BCUT2D eigenvalue weighted by molar-refractivity contribution is 8.00. The summed E-state index contributed by atoms with van der Waals surface area (Å²) < 4.78 is 2.10. The molecule has 7 heteroatoms. The summed E-state index contributed by atoms with van der Waals surface area (Å²) in [6, 6.07) is 17.1. The van der Waals surface area contributed by atoms with Crippen molar-refractivity contribution in [3.63, 3.8) is 0 Å². The van der Waals surface area contributed by atoms with Gasteiger partial charge in [-0.3, -0.25) is 4.79 Å². The lowest BCUT2D eigenvalue weighted by molar-refractivity contribution is -0.118. The molecule has 0 aliphatic rings. The van der Waals surface area contributed by atoms with Crippen LogP contribution in [0.15, 0.2) is 64.6 Å². The normalized spacial score (nSPS) is 11.1. The van der Waals surface area contributed by atoms with E-state index in [4.69, 9.17) is 23.2 Å². The maximum atomic E-state index is 12.0. The van der Waals surface area contributed by atoms with Crippen molar-refractivity contribution >= 4 is 47.1 Å². The molecule has 3 aromatic rings. The van der Waals surface area contributed by atoms with E-state index in [1.54, 1.807) is 18.3 Å². The number of thioether (sulfide) groups is 1. The largest absolute Gasteiger partial charge is 0.318 e. The number of hydrazone groups is 1. The Labute approximate surface area is 178 Å². The molecule has 0 aliphatic carbocycles. The van der Waals surface area contributed by atoms with Crippen LogP contribution in [0.2, 0.25) is 10.0 Å². The summed E-state index contributed by atoms with van der Waals surface area (Å²) in [7, 11) is 0. The molecule has 3 rings (SSSR count). The molecular formula is C21H19Cl2N3OS. The fourth-order valence-electron chi connectivity index (χ4n) is 2.82. The average molecular weight is 432 g/mol. The Morgan fingerprint density at radius 2 is 1.86 bits per heavy atom. The van der Waals surface area contributed by atoms with Gasteiger partial charge < -0.3 is 4.57 Å². The molecule has 1 aromatic heterocycles. The van der Waals surface area contributed by atoms with Gasteiger partial charge in [0.15, 0.2) is 0 Å². The monoisotopic (exact) mass is 431 g/mol. The summed E-state index contributed by atoms with van der Waals surface area (Å²) in [5.74, 6) is 0.111. The summed E-state index contributed by atoms with van der Waals surface area (Å²) in [5, 5.41) is 5.46. The minimum absolute atomic E-state index is 0.167. The fourth-order valence-corrected chi connectivity index (χ4v) is 3.82. The number of hydrogen-bond donors (Lipinski definition) is 1. The smallest absolute Gasteiger partial charge is 0.250 e. The van der Waals surface area contributed by atoms with E-state index in [0.29, 0.717) is 10.0 Å². The maximum Gasteiger partial charge on any atom is 0.250 e. The van der Waals surface area contributed by atoms with Crippen LogP contribution in [-0.4, -0.2) is 22.4 Å². The van der Waals surface area contributed by atoms with Gasteiger partial charge >= 0.3 is 0 Å². The molecule has 0 saturated heterocycles. The van der Waals surface area contributed by atoms with Gasteiger partial charge in [0.2, 0.25) is 5.91 Å². The van der Waals surface area contributed by atoms with Crippen molar-refractivity contribution in [1.82, 2.24) is 9.99 Å². The molecule has 0 atom stereocenters. The number of halogens is 2. The van der Waals surface area contributed by atoms with Crippen LogP contribution in [-0.2, 0) is 4.79 Å². The molecule has 0 fully saturated rings. The first kappa shape index (κ1) is 20.5. The highest BCUT2D eigenvalue weighted by Gasteiger charge is 2.10. The third-order valence-corrected chi connectivity index (χ3v) is 5.61. The molecule has 0 radical (unpaired) electrons. The molecule has 0 aliphatic heterocycles. The van der Waals surface area contributed by atoms with Gasteiger partial charge in [-0.2, -0.15) is 5.10 Å². The van der Waals surface area contributed by atoms with Crippen LogP contribution < -0.4 is 5.43 Å². The third kappa shape index (κ3) is 5.19. The highest BCUT2D eigenvalue weighted by atomic mass is 35.5. The number of carbonyl (C=O) groups is 1. The van der Waals surface area contributed by atoms with Gasteiger partial charge in [-0.25, -0.2) is 5.43 Å². The van der Waals surface area contributed by atoms with Crippen molar-refractivity contribution in [3.05, 3.63) is 81.6 Å². The number of rotatable bonds is 6. The lowest BCUT2D eigenvalue weighted by Crippen LogP contribution is -2.19. The summed E-state index contributed by atoms with van der Waals surface area (Å²) in [5.41, 5.74) is 6.58. The van der Waals surface area contributed by atoms with Crippen LogP contribution in [0.3, 0.4) is 0 Å². The fraction of sp³-hybridized carbons (Fsp3) is 0.143. The van der Waals surface area contributed by atoms with E-state index in [2.05, 4.69) is 15.1 Å². The Bertz CT molecular complexity index is 1010. The zero-order valence-corrected chi connectivity index (χ0v) is 17.8. The van der Waals surface area contributed by atoms with E-state index in [1.807, 2.05) is 56.3 Å². The molecule has 1 N–H and O–H groups in total. The number of aromatic nitrogens is 1. The van der Waals surface area contributed by atoms with Gasteiger partial charge in [-0.1, -0.05) is 29.3 Å². The third-order valence-electron chi connectivity index (χ3n) is 4.11. The molecule has 0 unspecified atom stereocenters. The van der Waals surface area contributed by atoms with Crippen LogP contribution in [0.1, 0.15) is 17.0 Å². The van der Waals surface area contributed by atoms with E-state index in [-0.39, 0.29) is 11.7 Å². The molecule has 2 aromatic carbocycles. The molecule has 28 heavy (non-hydrogen) atoms. The van der Waals surface area contributed by atoms with Crippen molar-refractivity contribution in [1.29, 1.82) is 0 Å². The maximum absolute atomic E-state index is 12.0. The number of aryl methyl sites for hydroxylation is 1. The quantitative estimate of drug-likeness (QED) is 0.311. The first-order chi connectivity index (χ1) is 13.4. The van der Waals surface area contributed by atoms with E-state index in [0.717, 1.165) is 27.5 Å². The number of nitrogens with zero attached hydrogens (tertiary/aromatic N) is 2. The summed E-state index contributed by atoms with van der Waals surface area (Å²) >= 11 is 13.4. The van der Waals surface area contributed by atoms with E-state index in [1.165, 1.54) is 11.8 Å². The first-order valence-electron chi connectivity index (χ1n) is 8.59. The van der Waals surface area contributed by atoms with Gasteiger partial charge in [0, 0.05) is 37.6 Å². The van der Waals surface area contributed by atoms with Crippen LogP contribution in [0.5, 0.6) is 0 Å². The molecular weight excluding hydrogens is 413 g/mol. The SMILES string of the molecule is Cc1cc(/C=N/NC(=O)CSc2ccc(Cl)cc2)c(C)n1-c1cccc(Cl)c1. The molecule has 1 amide bonds. The van der Waals surface area contributed by atoms with Crippen LogP contribution in [0.25, 0.3) is 5.69 Å². The number of benzene rings is 2. The lowest BCUT2D eigenvalue weighted by atomic mass is 10.2. The molecule has 1 heterocycles. The van der Waals surface area contributed by atoms with E-state index < -0.39 is 0 Å². The van der Waals surface area contributed by atoms with Gasteiger partial charge in [0.05, 0.1) is 12.0 Å². The van der Waals surface area contributed by atoms with Gasteiger partial charge in [-0.05, 0) is 62.4 Å². The Balaban J connectivity index is 1.62. The second-order valence-electron chi connectivity index (χ2n) is 6.18. The molecule has 0 spiro atoms. The number of amides is 1. The average Bonchev–Trinajstić information content (AvgIpc) is 2.95. The summed E-state index contributed by atoms with van der Waals surface area (Å²) in [6.07, 6.45) is 1.66. The number of carbonyl (C=O) groups excluding carboxylic acids is 1. The Morgan fingerprint density at radius 1 is 1.11 bits per heavy atom. The summed E-state index contributed by atoms with van der Waals surface area (Å²) in [6.45, 7) is 4.03.